The number of aryl methyl sites for hydroxylation is 3. The van der Waals surface area contributed by atoms with Gasteiger partial charge < -0.3 is 15.2 Å². The lowest BCUT2D eigenvalue weighted by Crippen LogP contribution is -2.62. The maximum Gasteiger partial charge on any atom is 0.141 e. The van der Waals surface area contributed by atoms with Gasteiger partial charge in [0.1, 0.15) is 5.76 Å². The quantitative estimate of drug-likeness (QED) is 0.457. The van der Waals surface area contributed by atoms with Crippen LogP contribution >= 0.6 is 0 Å². The van der Waals surface area contributed by atoms with Crippen LogP contribution in [0.15, 0.2) is 47.0 Å². The molecule has 1 aromatic heterocycles. The van der Waals surface area contributed by atoms with Gasteiger partial charge in [0, 0.05) is 42.1 Å². The lowest BCUT2D eigenvalue weighted by atomic mass is 9.88. The molecule has 37 heavy (non-hydrogen) atoms. The Morgan fingerprint density at radius 1 is 1.03 bits per heavy atom. The van der Waals surface area contributed by atoms with Gasteiger partial charge >= 0.3 is 0 Å². The van der Waals surface area contributed by atoms with Crippen LogP contribution in [-0.4, -0.2) is 41.3 Å². The lowest BCUT2D eigenvalue weighted by molar-refractivity contribution is 0.0683. The van der Waals surface area contributed by atoms with E-state index in [0.29, 0.717) is 18.1 Å². The van der Waals surface area contributed by atoms with Gasteiger partial charge in [-0.2, -0.15) is 5.26 Å². The van der Waals surface area contributed by atoms with Gasteiger partial charge in [-0.3, -0.25) is 4.90 Å². The van der Waals surface area contributed by atoms with Crippen LogP contribution in [0.4, 0.5) is 11.4 Å². The Labute approximate surface area is 220 Å². The fourth-order valence-corrected chi connectivity index (χ4v) is 6.41. The molecule has 2 aromatic carbocycles. The molecule has 0 spiro atoms. The highest BCUT2D eigenvalue weighted by atomic mass is 16.5. The molecule has 2 heterocycles. The van der Waals surface area contributed by atoms with Crippen molar-refractivity contribution in [2.24, 2.45) is 5.73 Å². The number of nitrogens with zero attached hydrogens (tertiary/aromatic N) is 4. The van der Waals surface area contributed by atoms with E-state index in [1.54, 1.807) is 0 Å². The molecule has 0 amide bonds. The summed E-state index contributed by atoms with van der Waals surface area (Å²) in [4.78, 5) is 5.18. The Hall–Kier alpha value is -3.14. The third-order valence-corrected chi connectivity index (χ3v) is 8.97. The van der Waals surface area contributed by atoms with Crippen LogP contribution in [0.2, 0.25) is 0 Å². The SMILES string of the molecule is Cc1ccc(-c2c(C)noc2C)cc1N(c1ccc(C2(C#N)CC2)cc1)C1CN(C2CCC(N)CC2)C1. The predicted molar refractivity (Wildman–Crippen MR) is 147 cm³/mol. The number of likely N-dealkylation sites (tertiary alicyclic amines) is 1. The smallest absolute Gasteiger partial charge is 0.141 e. The molecule has 0 radical (unpaired) electrons. The molecule has 3 fully saturated rings. The summed E-state index contributed by atoms with van der Waals surface area (Å²) in [5.74, 6) is 0.847. The van der Waals surface area contributed by atoms with Crippen LogP contribution in [0.25, 0.3) is 11.1 Å². The Kier molecular flexibility index (Phi) is 6.09. The van der Waals surface area contributed by atoms with Crippen molar-refractivity contribution >= 4 is 11.4 Å². The highest BCUT2D eigenvalue weighted by Crippen LogP contribution is 2.48. The van der Waals surface area contributed by atoms with Crippen LogP contribution in [0.5, 0.6) is 0 Å². The summed E-state index contributed by atoms with van der Waals surface area (Å²) >= 11 is 0. The molecule has 2 saturated carbocycles. The second kappa shape index (κ2) is 9.31. The van der Waals surface area contributed by atoms with E-state index < -0.39 is 0 Å². The normalized spacial score (nSPS) is 23.3. The Morgan fingerprint density at radius 2 is 1.73 bits per heavy atom. The minimum atomic E-state index is -0.266. The molecular weight excluding hydrogens is 458 g/mol. The maximum atomic E-state index is 9.69. The molecule has 6 nitrogen and oxygen atoms in total. The van der Waals surface area contributed by atoms with Gasteiger partial charge in [-0.15, -0.1) is 0 Å². The summed E-state index contributed by atoms with van der Waals surface area (Å²) in [6.07, 6.45) is 6.62. The number of hydrogen-bond acceptors (Lipinski definition) is 6. The third-order valence-electron chi connectivity index (χ3n) is 8.97. The van der Waals surface area contributed by atoms with Crippen LogP contribution in [-0.2, 0) is 5.41 Å². The summed E-state index contributed by atoms with van der Waals surface area (Å²) in [6.45, 7) is 8.29. The summed E-state index contributed by atoms with van der Waals surface area (Å²) in [5.41, 5.74) is 13.8. The number of rotatable bonds is 6. The van der Waals surface area contributed by atoms with Gasteiger partial charge in [0.25, 0.3) is 0 Å². The molecule has 1 aliphatic heterocycles. The first-order valence-corrected chi connectivity index (χ1v) is 13.7. The first-order valence-electron chi connectivity index (χ1n) is 13.7. The first kappa shape index (κ1) is 24.2. The van der Waals surface area contributed by atoms with Crippen LogP contribution < -0.4 is 10.6 Å². The molecule has 3 aliphatic rings. The van der Waals surface area contributed by atoms with Gasteiger partial charge in [-0.25, -0.2) is 0 Å². The molecule has 3 aromatic rings. The van der Waals surface area contributed by atoms with E-state index in [0.717, 1.165) is 66.9 Å². The van der Waals surface area contributed by atoms with E-state index in [-0.39, 0.29) is 5.41 Å². The van der Waals surface area contributed by atoms with Crippen molar-refractivity contribution in [3.8, 4) is 17.2 Å². The highest BCUT2D eigenvalue weighted by Gasteiger charge is 2.45. The zero-order valence-electron chi connectivity index (χ0n) is 22.2. The highest BCUT2D eigenvalue weighted by molar-refractivity contribution is 5.77. The molecule has 0 bridgehead atoms. The maximum absolute atomic E-state index is 9.69. The molecule has 0 atom stereocenters. The monoisotopic (exact) mass is 495 g/mol. The summed E-state index contributed by atoms with van der Waals surface area (Å²) in [7, 11) is 0. The van der Waals surface area contributed by atoms with Gasteiger partial charge in [-0.05, 0) is 94.2 Å². The minimum Gasteiger partial charge on any atom is -0.361 e. The Morgan fingerprint density at radius 3 is 2.32 bits per heavy atom. The molecule has 2 aliphatic carbocycles. The summed E-state index contributed by atoms with van der Waals surface area (Å²) in [5, 5.41) is 13.9. The standard InChI is InChI=1S/C31H37N5O/c1-20-4-5-23(30-21(2)34-37-22(30)3)16-29(20)36(27-10-6-24(7-11-27)31(19-32)14-15-31)28-17-35(18-28)26-12-8-25(33)9-13-26/h4-7,10-11,16,25-26,28H,8-9,12-15,17-18,33H2,1-3H3. The number of nitrogens with two attached hydrogens (primary N) is 1. The summed E-state index contributed by atoms with van der Waals surface area (Å²) < 4.78 is 5.49. The van der Waals surface area contributed by atoms with E-state index in [1.165, 1.54) is 29.8 Å². The zero-order valence-corrected chi connectivity index (χ0v) is 22.2. The summed E-state index contributed by atoms with van der Waals surface area (Å²) in [6, 6.07) is 19.4. The fraction of sp³-hybridized carbons (Fsp3) is 0.484. The predicted octanol–water partition coefficient (Wildman–Crippen LogP) is 5.91. The third kappa shape index (κ3) is 4.35. The van der Waals surface area contributed by atoms with Gasteiger partial charge in [0.2, 0.25) is 0 Å². The van der Waals surface area contributed by atoms with Crippen molar-refractivity contribution in [2.75, 3.05) is 18.0 Å². The number of aromatic nitrogens is 1. The molecule has 6 heteroatoms. The average molecular weight is 496 g/mol. The molecular formula is C31H37N5O. The number of benzene rings is 2. The van der Waals surface area contributed by atoms with Crippen molar-refractivity contribution in [2.45, 2.75) is 82.8 Å². The van der Waals surface area contributed by atoms with Crippen LogP contribution in [0, 0.1) is 32.1 Å². The minimum absolute atomic E-state index is 0.266. The van der Waals surface area contributed by atoms with Crippen LogP contribution in [0.1, 0.15) is 61.1 Å². The molecule has 0 unspecified atom stereocenters. The van der Waals surface area contributed by atoms with E-state index in [1.807, 2.05) is 13.8 Å². The second-order valence-electron chi connectivity index (χ2n) is 11.5. The second-order valence-corrected chi connectivity index (χ2v) is 11.5. The van der Waals surface area contributed by atoms with Crippen molar-refractivity contribution in [1.29, 1.82) is 5.26 Å². The topological polar surface area (TPSA) is 82.3 Å². The van der Waals surface area contributed by atoms with E-state index in [9.17, 15) is 5.26 Å². The van der Waals surface area contributed by atoms with Crippen LogP contribution in [0.3, 0.4) is 0 Å². The van der Waals surface area contributed by atoms with Crippen molar-refractivity contribution in [3.63, 3.8) is 0 Å². The van der Waals surface area contributed by atoms with E-state index in [2.05, 4.69) is 70.4 Å². The number of anilines is 2. The first-order chi connectivity index (χ1) is 17.9. The Balaban J connectivity index is 1.34. The van der Waals surface area contributed by atoms with Gasteiger partial charge in [0.05, 0.1) is 23.2 Å². The van der Waals surface area contributed by atoms with Crippen molar-refractivity contribution in [1.82, 2.24) is 10.1 Å². The van der Waals surface area contributed by atoms with Gasteiger partial charge in [-0.1, -0.05) is 29.4 Å². The Bertz CT molecular complexity index is 1300. The number of hydrogen-bond donors (Lipinski definition) is 1. The largest absolute Gasteiger partial charge is 0.361 e. The average Bonchev–Trinajstić information content (AvgIpc) is 3.61. The molecule has 6 rings (SSSR count). The number of nitriles is 1. The van der Waals surface area contributed by atoms with Gasteiger partial charge in [0.15, 0.2) is 0 Å². The van der Waals surface area contributed by atoms with E-state index >= 15 is 0 Å². The lowest BCUT2D eigenvalue weighted by Gasteiger charge is -2.51. The zero-order chi connectivity index (χ0) is 25.7. The van der Waals surface area contributed by atoms with E-state index in [4.69, 9.17) is 10.3 Å². The van der Waals surface area contributed by atoms with Crippen molar-refractivity contribution < 1.29 is 4.52 Å². The van der Waals surface area contributed by atoms with Crippen molar-refractivity contribution in [3.05, 3.63) is 65.0 Å². The fourth-order valence-electron chi connectivity index (χ4n) is 6.41. The molecule has 1 saturated heterocycles. The molecule has 192 valence electrons. The molecule has 2 N–H and O–H groups in total.